The maximum atomic E-state index is 12.2. The minimum atomic E-state index is -1.26. The molecule has 0 spiro atoms. The van der Waals surface area contributed by atoms with Crippen LogP contribution in [0, 0.1) is 23.7 Å². The number of methoxy groups -OCH3 is 2. The Bertz CT molecular complexity index is 618. The number of carbonyl (C=O) groups is 1. The number of esters is 1. The first-order chi connectivity index (χ1) is 12.9. The van der Waals surface area contributed by atoms with Crippen molar-refractivity contribution in [3.05, 3.63) is 12.2 Å². The van der Waals surface area contributed by atoms with Gasteiger partial charge in [0.25, 0.3) is 5.79 Å². The van der Waals surface area contributed by atoms with Crippen LogP contribution in [0.1, 0.15) is 65.7 Å². The molecule has 5 nitrogen and oxygen atoms in total. The van der Waals surface area contributed by atoms with Crippen molar-refractivity contribution < 1.29 is 23.7 Å². The molecule has 3 atom stereocenters. The van der Waals surface area contributed by atoms with Gasteiger partial charge in [0.15, 0.2) is 6.10 Å². The van der Waals surface area contributed by atoms with Crippen LogP contribution in [0.4, 0.5) is 0 Å². The molecule has 1 rings (SSSR count). The van der Waals surface area contributed by atoms with Gasteiger partial charge in [-0.25, -0.2) is 4.79 Å². The lowest BCUT2D eigenvalue weighted by molar-refractivity contribution is -0.406. The summed E-state index contributed by atoms with van der Waals surface area (Å²) in [5, 5.41) is 0. The third-order valence-electron chi connectivity index (χ3n) is 4.63. The van der Waals surface area contributed by atoms with Crippen LogP contribution < -0.4 is 0 Å². The molecular weight excluding hydrogens is 344 g/mol. The highest BCUT2D eigenvalue weighted by Gasteiger charge is 2.57. The Balaban J connectivity index is 2.31. The number of cyclic esters (lactones) is 1. The van der Waals surface area contributed by atoms with Gasteiger partial charge in [-0.15, -0.1) is 0 Å². The van der Waals surface area contributed by atoms with E-state index in [9.17, 15) is 4.79 Å². The number of unbranched alkanes of at least 4 members (excludes halogenated alkanes) is 4. The van der Waals surface area contributed by atoms with Gasteiger partial charge < -0.3 is 18.9 Å². The maximum Gasteiger partial charge on any atom is 0.338 e. The molecule has 0 aromatic heterocycles. The Morgan fingerprint density at radius 1 is 1.00 bits per heavy atom. The molecule has 1 fully saturated rings. The fraction of sp³-hybridized carbons (Fsp3) is 0.682. The van der Waals surface area contributed by atoms with Gasteiger partial charge in [-0.3, -0.25) is 0 Å². The molecular formula is C22H32O5. The van der Waals surface area contributed by atoms with E-state index in [1.165, 1.54) is 14.2 Å². The average molecular weight is 376 g/mol. The maximum absolute atomic E-state index is 12.2. The normalized spacial score (nSPS) is 27.4. The summed E-state index contributed by atoms with van der Waals surface area (Å²) in [4.78, 5) is 12.2. The molecule has 0 bridgehead atoms. The molecule has 0 radical (unpaired) electrons. The number of hydrogen-bond donors (Lipinski definition) is 0. The number of carbonyl (C=O) groups excluding carboxylic acids is 1. The van der Waals surface area contributed by atoms with Crippen LogP contribution in [-0.2, 0) is 23.7 Å². The Kier molecular flexibility index (Phi) is 10.2. The van der Waals surface area contributed by atoms with Crippen molar-refractivity contribution in [1.82, 2.24) is 0 Å². The molecule has 150 valence electrons. The summed E-state index contributed by atoms with van der Waals surface area (Å²) in [5.74, 6) is 9.25. The van der Waals surface area contributed by atoms with Crippen LogP contribution in [-0.4, -0.2) is 37.9 Å². The number of ether oxygens (including phenoxy) is 4. The Morgan fingerprint density at radius 2 is 1.63 bits per heavy atom. The molecule has 1 aliphatic heterocycles. The Morgan fingerprint density at radius 3 is 2.22 bits per heavy atom. The van der Waals surface area contributed by atoms with E-state index in [1.807, 2.05) is 0 Å². The Labute approximate surface area is 163 Å². The lowest BCUT2D eigenvalue weighted by atomic mass is 10.0. The van der Waals surface area contributed by atoms with Crippen molar-refractivity contribution in [3.63, 3.8) is 0 Å². The quantitative estimate of drug-likeness (QED) is 0.364. The van der Waals surface area contributed by atoms with Gasteiger partial charge >= 0.3 is 5.97 Å². The lowest BCUT2D eigenvalue weighted by Gasteiger charge is -2.47. The number of rotatable bonds is 8. The van der Waals surface area contributed by atoms with Crippen molar-refractivity contribution in [3.8, 4) is 23.7 Å². The van der Waals surface area contributed by atoms with E-state index in [-0.39, 0.29) is 0 Å². The van der Waals surface area contributed by atoms with Gasteiger partial charge in [0.05, 0.1) is 0 Å². The molecule has 0 aromatic rings. The van der Waals surface area contributed by atoms with Crippen LogP contribution >= 0.6 is 0 Å². The molecule has 0 saturated carbocycles. The van der Waals surface area contributed by atoms with Gasteiger partial charge in [0.2, 0.25) is 5.79 Å². The average Bonchev–Trinajstić information content (AvgIpc) is 2.66. The van der Waals surface area contributed by atoms with Crippen LogP contribution in [0.25, 0.3) is 0 Å². The van der Waals surface area contributed by atoms with Crippen molar-refractivity contribution in [2.24, 2.45) is 0 Å². The van der Waals surface area contributed by atoms with Gasteiger partial charge in [0.1, 0.15) is 0 Å². The van der Waals surface area contributed by atoms with Crippen molar-refractivity contribution in [2.45, 2.75) is 83.4 Å². The molecule has 3 unspecified atom stereocenters. The predicted molar refractivity (Wildman–Crippen MR) is 104 cm³/mol. The zero-order valence-electron chi connectivity index (χ0n) is 17.2. The van der Waals surface area contributed by atoms with E-state index in [0.717, 1.165) is 38.5 Å². The van der Waals surface area contributed by atoms with E-state index in [2.05, 4.69) is 30.6 Å². The van der Waals surface area contributed by atoms with E-state index in [4.69, 9.17) is 18.9 Å². The predicted octanol–water partition coefficient (Wildman–Crippen LogP) is 3.97. The van der Waals surface area contributed by atoms with Crippen molar-refractivity contribution >= 4 is 5.97 Å². The summed E-state index contributed by atoms with van der Waals surface area (Å²) >= 11 is 0. The summed E-state index contributed by atoms with van der Waals surface area (Å²) in [6, 6.07) is 0. The SMILES string of the molecule is CCCC#C/C=C\C#CCCCCCC1OC(C)(OC)C(C)(OC)OC1=O. The highest BCUT2D eigenvalue weighted by Crippen LogP contribution is 2.38. The van der Waals surface area contributed by atoms with Gasteiger partial charge in [0, 0.05) is 34.0 Å². The first-order valence-electron chi connectivity index (χ1n) is 9.55. The van der Waals surface area contributed by atoms with Crippen LogP contribution in [0.3, 0.4) is 0 Å². The molecule has 27 heavy (non-hydrogen) atoms. The zero-order chi connectivity index (χ0) is 20.2. The fourth-order valence-corrected chi connectivity index (χ4v) is 2.60. The minimum Gasteiger partial charge on any atom is -0.425 e. The molecule has 1 heterocycles. The van der Waals surface area contributed by atoms with Crippen molar-refractivity contribution in [1.29, 1.82) is 0 Å². The van der Waals surface area contributed by atoms with Gasteiger partial charge in [-0.2, -0.15) is 0 Å². The largest absolute Gasteiger partial charge is 0.425 e. The monoisotopic (exact) mass is 376 g/mol. The van der Waals surface area contributed by atoms with Crippen molar-refractivity contribution in [2.75, 3.05) is 14.2 Å². The van der Waals surface area contributed by atoms with E-state index in [1.54, 1.807) is 26.0 Å². The molecule has 0 amide bonds. The number of allylic oxidation sites excluding steroid dienone is 2. The Hall–Kier alpha value is -1.79. The van der Waals surface area contributed by atoms with E-state index >= 15 is 0 Å². The molecule has 5 heteroatoms. The second-order valence-corrected chi connectivity index (χ2v) is 6.65. The second-order valence-electron chi connectivity index (χ2n) is 6.65. The van der Waals surface area contributed by atoms with E-state index < -0.39 is 23.6 Å². The minimum absolute atomic E-state index is 0.414. The third kappa shape index (κ3) is 7.03. The first-order valence-corrected chi connectivity index (χ1v) is 9.55. The smallest absolute Gasteiger partial charge is 0.338 e. The first kappa shape index (κ1) is 23.2. The molecule has 1 saturated heterocycles. The standard InChI is InChI=1S/C22H32O5/c1-6-7-8-9-10-11-12-13-14-15-16-17-18-19-20(23)27-22(3,25-5)21(2,24-4)26-19/h10-11,19H,6-7,14-18H2,1-5H3/b11-10-. The highest BCUT2D eigenvalue weighted by atomic mass is 16.8. The van der Waals surface area contributed by atoms with Gasteiger partial charge in [-0.05, 0) is 38.3 Å². The molecule has 0 N–H and O–H groups in total. The topological polar surface area (TPSA) is 54.0 Å². The van der Waals surface area contributed by atoms with Crippen LogP contribution in [0.5, 0.6) is 0 Å². The molecule has 1 aliphatic rings. The summed E-state index contributed by atoms with van der Waals surface area (Å²) in [7, 11) is 2.97. The summed E-state index contributed by atoms with van der Waals surface area (Å²) < 4.78 is 22.0. The van der Waals surface area contributed by atoms with Gasteiger partial charge in [-0.1, -0.05) is 43.4 Å². The fourth-order valence-electron chi connectivity index (χ4n) is 2.60. The molecule has 0 aliphatic carbocycles. The van der Waals surface area contributed by atoms with Crippen LogP contribution in [0.2, 0.25) is 0 Å². The van der Waals surface area contributed by atoms with E-state index in [0.29, 0.717) is 6.42 Å². The number of hydrogen-bond acceptors (Lipinski definition) is 5. The molecule has 0 aromatic carbocycles. The highest BCUT2D eigenvalue weighted by molar-refractivity contribution is 5.75. The summed E-state index contributed by atoms with van der Waals surface area (Å²) in [5.41, 5.74) is 0. The van der Waals surface area contributed by atoms with Crippen LogP contribution in [0.15, 0.2) is 12.2 Å². The second kappa shape index (κ2) is 11.8. The lowest BCUT2D eigenvalue weighted by Crippen LogP contribution is -2.64. The third-order valence-corrected chi connectivity index (χ3v) is 4.63. The summed E-state index contributed by atoms with van der Waals surface area (Å²) in [6.45, 7) is 5.45. The summed E-state index contributed by atoms with van der Waals surface area (Å²) in [6.07, 6.45) is 9.11. The zero-order valence-corrected chi connectivity index (χ0v) is 17.2.